The Balaban J connectivity index is 1.35. The van der Waals surface area contributed by atoms with Crippen molar-refractivity contribution in [2.75, 3.05) is 24.6 Å². The lowest BCUT2D eigenvalue weighted by molar-refractivity contribution is -0.120. The number of nitrogens with one attached hydrogen (secondary N) is 1. The number of benzene rings is 2. The lowest BCUT2D eigenvalue weighted by Crippen LogP contribution is -2.41. The summed E-state index contributed by atoms with van der Waals surface area (Å²) in [4.78, 5) is 14.4. The smallest absolute Gasteiger partial charge is 0.239 e. The maximum absolute atomic E-state index is 12.4. The molecule has 6 heteroatoms. The van der Waals surface area contributed by atoms with Crippen molar-refractivity contribution < 1.29 is 9.53 Å². The molecule has 0 spiro atoms. The Labute approximate surface area is 152 Å². The van der Waals surface area contributed by atoms with Crippen molar-refractivity contribution in [2.45, 2.75) is 6.54 Å². The van der Waals surface area contributed by atoms with Gasteiger partial charge in [0.05, 0.1) is 30.7 Å². The first kappa shape index (κ1) is 16.2. The zero-order valence-corrected chi connectivity index (χ0v) is 14.3. The lowest BCUT2D eigenvalue weighted by atomic mass is 10.2. The van der Waals surface area contributed by atoms with Gasteiger partial charge in [0.1, 0.15) is 12.4 Å². The van der Waals surface area contributed by atoms with Gasteiger partial charge in [0.15, 0.2) is 0 Å². The Bertz CT molecular complexity index is 892. The molecule has 4 rings (SSSR count). The van der Waals surface area contributed by atoms with Crippen molar-refractivity contribution >= 4 is 11.6 Å². The van der Waals surface area contributed by atoms with Crippen LogP contribution in [0.1, 0.15) is 5.56 Å². The van der Waals surface area contributed by atoms with E-state index in [1.54, 1.807) is 10.9 Å². The van der Waals surface area contributed by atoms with Gasteiger partial charge in [-0.15, -0.1) is 0 Å². The van der Waals surface area contributed by atoms with Crippen molar-refractivity contribution in [1.29, 1.82) is 0 Å². The van der Waals surface area contributed by atoms with E-state index in [0.29, 0.717) is 26.2 Å². The fraction of sp³-hybridized carbons (Fsp3) is 0.200. The average molecular weight is 348 g/mol. The fourth-order valence-corrected chi connectivity index (χ4v) is 2.99. The van der Waals surface area contributed by atoms with E-state index in [1.165, 1.54) is 0 Å². The zero-order valence-electron chi connectivity index (χ0n) is 14.3. The van der Waals surface area contributed by atoms with Crippen molar-refractivity contribution in [1.82, 2.24) is 15.1 Å². The first-order valence-electron chi connectivity index (χ1n) is 8.62. The van der Waals surface area contributed by atoms with E-state index < -0.39 is 0 Å². The summed E-state index contributed by atoms with van der Waals surface area (Å²) in [5.41, 5.74) is 2.92. The molecule has 2 aromatic carbocycles. The third kappa shape index (κ3) is 3.54. The normalized spacial score (nSPS) is 13.0. The summed E-state index contributed by atoms with van der Waals surface area (Å²) in [5.74, 6) is 0.810. The number of para-hydroxylation sites is 3. The molecule has 1 amide bonds. The van der Waals surface area contributed by atoms with Crippen LogP contribution in [-0.4, -0.2) is 35.4 Å². The van der Waals surface area contributed by atoms with Crippen LogP contribution in [-0.2, 0) is 11.3 Å². The number of nitrogens with zero attached hydrogens (tertiary/aromatic N) is 3. The summed E-state index contributed by atoms with van der Waals surface area (Å²) in [7, 11) is 0. The van der Waals surface area contributed by atoms with E-state index in [2.05, 4.69) is 10.4 Å². The van der Waals surface area contributed by atoms with E-state index in [4.69, 9.17) is 4.74 Å². The number of aromatic nitrogens is 2. The van der Waals surface area contributed by atoms with Gasteiger partial charge in [-0.3, -0.25) is 4.79 Å². The van der Waals surface area contributed by atoms with Gasteiger partial charge in [0.25, 0.3) is 0 Å². The first-order chi connectivity index (χ1) is 12.8. The highest BCUT2D eigenvalue weighted by Gasteiger charge is 2.19. The van der Waals surface area contributed by atoms with E-state index in [9.17, 15) is 4.79 Å². The summed E-state index contributed by atoms with van der Waals surface area (Å²) in [6.45, 7) is 2.06. The molecule has 0 fully saturated rings. The molecule has 0 saturated carbocycles. The number of amides is 1. The van der Waals surface area contributed by atoms with Crippen LogP contribution in [0.25, 0.3) is 5.69 Å². The van der Waals surface area contributed by atoms with E-state index in [1.807, 2.05) is 65.7 Å². The largest absolute Gasteiger partial charge is 0.490 e. The highest BCUT2D eigenvalue weighted by molar-refractivity contribution is 5.82. The van der Waals surface area contributed by atoms with Gasteiger partial charge in [-0.1, -0.05) is 30.3 Å². The molecule has 0 aliphatic carbocycles. The summed E-state index contributed by atoms with van der Waals surface area (Å²) in [6.07, 6.45) is 3.71. The summed E-state index contributed by atoms with van der Waals surface area (Å²) < 4.78 is 7.43. The molecule has 26 heavy (non-hydrogen) atoms. The molecular weight excluding hydrogens is 328 g/mol. The SMILES string of the molecule is O=C(CN1CCOc2ccccc21)NCc1cnn(-c2ccccc2)c1. The third-order valence-corrected chi connectivity index (χ3v) is 4.31. The molecule has 0 unspecified atom stereocenters. The molecule has 6 nitrogen and oxygen atoms in total. The minimum absolute atomic E-state index is 0.0193. The molecule has 0 saturated heterocycles. The van der Waals surface area contributed by atoms with Crippen LogP contribution in [0.3, 0.4) is 0 Å². The summed E-state index contributed by atoms with van der Waals surface area (Å²) in [6, 6.07) is 17.7. The summed E-state index contributed by atoms with van der Waals surface area (Å²) in [5, 5.41) is 7.32. The number of hydrogen-bond donors (Lipinski definition) is 1. The predicted octanol–water partition coefficient (Wildman–Crippen LogP) is 2.39. The molecule has 1 aliphatic rings. The molecule has 0 bridgehead atoms. The summed E-state index contributed by atoms with van der Waals surface area (Å²) >= 11 is 0. The minimum Gasteiger partial charge on any atom is -0.490 e. The van der Waals surface area contributed by atoms with Crippen LogP contribution >= 0.6 is 0 Å². The first-order valence-corrected chi connectivity index (χ1v) is 8.62. The molecule has 0 atom stereocenters. The second-order valence-corrected chi connectivity index (χ2v) is 6.14. The number of anilines is 1. The Morgan fingerprint density at radius 2 is 1.92 bits per heavy atom. The van der Waals surface area contributed by atoms with Gasteiger partial charge in [-0.25, -0.2) is 4.68 Å². The molecular formula is C20H20N4O2. The van der Waals surface area contributed by atoms with Crippen molar-refractivity contribution in [2.24, 2.45) is 0 Å². The second-order valence-electron chi connectivity index (χ2n) is 6.14. The van der Waals surface area contributed by atoms with Crippen LogP contribution in [0, 0.1) is 0 Å². The van der Waals surface area contributed by atoms with Crippen molar-refractivity contribution in [3.05, 3.63) is 72.6 Å². The highest BCUT2D eigenvalue weighted by atomic mass is 16.5. The Morgan fingerprint density at radius 1 is 1.12 bits per heavy atom. The van der Waals surface area contributed by atoms with Crippen LogP contribution < -0.4 is 15.0 Å². The molecule has 3 aromatic rings. The average Bonchev–Trinajstić information content (AvgIpc) is 3.17. The number of ether oxygens (including phenoxy) is 1. The van der Waals surface area contributed by atoms with Crippen LogP contribution in [0.2, 0.25) is 0 Å². The topological polar surface area (TPSA) is 59.4 Å². The quantitative estimate of drug-likeness (QED) is 0.769. The maximum atomic E-state index is 12.4. The number of fused-ring (bicyclic) bond motifs is 1. The molecule has 1 N–H and O–H groups in total. The van der Waals surface area contributed by atoms with E-state index >= 15 is 0 Å². The van der Waals surface area contributed by atoms with E-state index in [0.717, 1.165) is 22.7 Å². The van der Waals surface area contributed by atoms with Gasteiger partial charge in [0.2, 0.25) is 5.91 Å². The minimum atomic E-state index is -0.0193. The zero-order chi connectivity index (χ0) is 17.8. The Morgan fingerprint density at radius 3 is 2.81 bits per heavy atom. The number of carbonyl (C=O) groups is 1. The molecule has 0 radical (unpaired) electrons. The van der Waals surface area contributed by atoms with Gasteiger partial charge >= 0.3 is 0 Å². The number of rotatable bonds is 5. The van der Waals surface area contributed by atoms with Gasteiger partial charge < -0.3 is 15.0 Å². The van der Waals surface area contributed by atoms with Gasteiger partial charge in [-0.2, -0.15) is 5.10 Å². The monoisotopic (exact) mass is 348 g/mol. The Hall–Kier alpha value is -3.28. The standard InChI is InChI=1S/C20H20N4O2/c25-20(15-23-10-11-26-19-9-5-4-8-18(19)23)21-12-16-13-22-24(14-16)17-6-2-1-3-7-17/h1-9,13-14H,10-12,15H2,(H,21,25). The molecule has 2 heterocycles. The fourth-order valence-electron chi connectivity index (χ4n) is 2.99. The van der Waals surface area contributed by atoms with Crippen LogP contribution in [0.15, 0.2) is 67.0 Å². The second kappa shape index (κ2) is 7.31. The van der Waals surface area contributed by atoms with Gasteiger partial charge in [-0.05, 0) is 24.3 Å². The molecule has 132 valence electrons. The predicted molar refractivity (Wildman–Crippen MR) is 99.6 cm³/mol. The molecule has 1 aromatic heterocycles. The number of hydrogen-bond acceptors (Lipinski definition) is 4. The van der Waals surface area contributed by atoms with Crippen LogP contribution in [0.4, 0.5) is 5.69 Å². The third-order valence-electron chi connectivity index (χ3n) is 4.31. The molecule has 1 aliphatic heterocycles. The van der Waals surface area contributed by atoms with Crippen molar-refractivity contribution in [3.63, 3.8) is 0 Å². The van der Waals surface area contributed by atoms with Crippen LogP contribution in [0.5, 0.6) is 5.75 Å². The van der Waals surface area contributed by atoms with Crippen molar-refractivity contribution in [3.8, 4) is 11.4 Å². The van der Waals surface area contributed by atoms with Gasteiger partial charge in [0, 0.05) is 18.3 Å². The lowest BCUT2D eigenvalue weighted by Gasteiger charge is -2.30. The highest BCUT2D eigenvalue weighted by Crippen LogP contribution is 2.30. The Kier molecular flexibility index (Phi) is 4.55. The maximum Gasteiger partial charge on any atom is 0.239 e. The number of carbonyl (C=O) groups excluding carboxylic acids is 1. The van der Waals surface area contributed by atoms with E-state index in [-0.39, 0.29) is 5.91 Å².